The second-order valence-corrected chi connectivity index (χ2v) is 5.80. The zero-order valence-electron chi connectivity index (χ0n) is 11.1. The number of hydrogen-bond acceptors (Lipinski definition) is 5. The lowest BCUT2D eigenvalue weighted by molar-refractivity contribution is 0.0681. The van der Waals surface area contributed by atoms with Crippen molar-refractivity contribution in [2.45, 2.75) is 12.5 Å². The molecule has 0 bridgehead atoms. The fourth-order valence-corrected chi connectivity index (χ4v) is 2.28. The van der Waals surface area contributed by atoms with E-state index < -0.39 is 35.7 Å². The van der Waals surface area contributed by atoms with Gasteiger partial charge in [-0.15, -0.1) is 0 Å². The summed E-state index contributed by atoms with van der Waals surface area (Å²) in [6.45, 7) is 0.642. The summed E-state index contributed by atoms with van der Waals surface area (Å²) in [4.78, 5) is 27.5. The van der Waals surface area contributed by atoms with Crippen LogP contribution in [0.5, 0.6) is 0 Å². The van der Waals surface area contributed by atoms with E-state index in [2.05, 4.69) is 20.9 Å². The molecule has 0 aliphatic heterocycles. The number of carboxylic acids is 1. The standard InChI is InChI=1S/C13H13BrN2O5/c1-13(5-17,6-18)16-4-9(12(20)21)10(19)8-2-7(14)3-15-11(8)16/h2-4,17-18H,5-6H2,1H3,(H,20,21). The van der Waals surface area contributed by atoms with Crippen molar-refractivity contribution in [3.8, 4) is 0 Å². The van der Waals surface area contributed by atoms with Crippen molar-refractivity contribution >= 4 is 32.9 Å². The van der Waals surface area contributed by atoms with Crippen LogP contribution in [-0.4, -0.2) is 44.1 Å². The van der Waals surface area contributed by atoms with Crippen molar-refractivity contribution < 1.29 is 20.1 Å². The molecule has 7 nitrogen and oxygen atoms in total. The van der Waals surface area contributed by atoms with Crippen molar-refractivity contribution in [2.24, 2.45) is 0 Å². The summed E-state index contributed by atoms with van der Waals surface area (Å²) in [5.41, 5.74) is -2.10. The van der Waals surface area contributed by atoms with Crippen molar-refractivity contribution in [3.05, 3.63) is 38.7 Å². The molecule has 0 radical (unpaired) electrons. The van der Waals surface area contributed by atoms with Crippen LogP contribution in [0, 0.1) is 0 Å². The summed E-state index contributed by atoms with van der Waals surface area (Å²) in [5.74, 6) is -1.38. The highest BCUT2D eigenvalue weighted by Gasteiger charge is 2.28. The summed E-state index contributed by atoms with van der Waals surface area (Å²) < 4.78 is 1.84. The van der Waals surface area contributed by atoms with Crippen molar-refractivity contribution in [2.75, 3.05) is 13.2 Å². The van der Waals surface area contributed by atoms with Gasteiger partial charge < -0.3 is 19.9 Å². The molecular weight excluding hydrogens is 344 g/mol. The Balaban J connectivity index is 2.97. The van der Waals surface area contributed by atoms with Gasteiger partial charge in [0.05, 0.1) is 24.1 Å². The monoisotopic (exact) mass is 356 g/mol. The third-order valence-electron chi connectivity index (χ3n) is 3.30. The highest BCUT2D eigenvalue weighted by atomic mass is 79.9. The van der Waals surface area contributed by atoms with Gasteiger partial charge in [-0.3, -0.25) is 4.79 Å². The molecule has 2 aromatic heterocycles. The minimum absolute atomic E-state index is 0.0948. The molecule has 0 unspecified atom stereocenters. The molecule has 0 aliphatic rings. The predicted octanol–water partition coefficient (Wildman–Crippen LogP) is 0.557. The predicted molar refractivity (Wildman–Crippen MR) is 78.5 cm³/mol. The zero-order valence-corrected chi connectivity index (χ0v) is 12.7. The quantitative estimate of drug-likeness (QED) is 0.737. The van der Waals surface area contributed by atoms with E-state index in [0.29, 0.717) is 4.47 Å². The first-order valence-corrected chi connectivity index (χ1v) is 6.80. The van der Waals surface area contributed by atoms with E-state index in [1.165, 1.54) is 23.8 Å². The maximum absolute atomic E-state index is 12.2. The molecular formula is C13H13BrN2O5. The Kier molecular flexibility index (Phi) is 4.13. The van der Waals surface area contributed by atoms with Crippen molar-refractivity contribution in [3.63, 3.8) is 0 Å². The van der Waals surface area contributed by atoms with E-state index in [9.17, 15) is 19.8 Å². The molecule has 0 atom stereocenters. The summed E-state index contributed by atoms with van der Waals surface area (Å²) >= 11 is 3.18. The number of hydrogen-bond donors (Lipinski definition) is 3. The second-order valence-electron chi connectivity index (χ2n) is 4.88. The smallest absolute Gasteiger partial charge is 0.341 e. The van der Waals surface area contributed by atoms with Gasteiger partial charge in [0.15, 0.2) is 0 Å². The number of nitrogens with zero attached hydrogens (tertiary/aromatic N) is 2. The van der Waals surface area contributed by atoms with Crippen LogP contribution >= 0.6 is 15.9 Å². The highest BCUT2D eigenvalue weighted by Crippen LogP contribution is 2.22. The van der Waals surface area contributed by atoms with E-state index in [0.717, 1.165) is 6.20 Å². The number of fused-ring (bicyclic) bond motifs is 1. The van der Waals surface area contributed by atoms with Gasteiger partial charge in [-0.1, -0.05) is 0 Å². The molecule has 0 aliphatic carbocycles. The van der Waals surface area contributed by atoms with Crippen LogP contribution in [0.2, 0.25) is 0 Å². The second kappa shape index (κ2) is 5.55. The summed E-state index contributed by atoms with van der Waals surface area (Å²) in [6, 6.07) is 1.46. The third-order valence-corrected chi connectivity index (χ3v) is 3.74. The minimum atomic E-state index is -1.38. The van der Waals surface area contributed by atoms with Crippen LogP contribution in [-0.2, 0) is 5.54 Å². The van der Waals surface area contributed by atoms with E-state index in [-0.39, 0.29) is 11.0 Å². The zero-order chi connectivity index (χ0) is 15.8. The molecule has 0 aromatic carbocycles. The molecule has 0 spiro atoms. The normalized spacial score (nSPS) is 11.8. The summed E-state index contributed by atoms with van der Waals surface area (Å²) in [7, 11) is 0. The Bertz CT molecular complexity index is 767. The number of rotatable bonds is 4. The maximum atomic E-state index is 12.2. The molecule has 2 aromatic rings. The fourth-order valence-electron chi connectivity index (χ4n) is 1.95. The molecule has 0 fully saturated rings. The Morgan fingerprint density at radius 3 is 2.57 bits per heavy atom. The molecule has 2 heterocycles. The van der Waals surface area contributed by atoms with E-state index in [4.69, 9.17) is 5.11 Å². The van der Waals surface area contributed by atoms with Gasteiger partial charge >= 0.3 is 5.97 Å². The van der Waals surface area contributed by atoms with E-state index in [1.54, 1.807) is 0 Å². The van der Waals surface area contributed by atoms with Gasteiger partial charge in [-0.25, -0.2) is 9.78 Å². The average Bonchev–Trinajstić information content (AvgIpc) is 2.47. The molecule has 3 N–H and O–H groups in total. The Morgan fingerprint density at radius 2 is 2.05 bits per heavy atom. The molecule has 21 heavy (non-hydrogen) atoms. The molecule has 0 amide bonds. The van der Waals surface area contributed by atoms with Crippen LogP contribution in [0.1, 0.15) is 17.3 Å². The third kappa shape index (κ3) is 2.57. The van der Waals surface area contributed by atoms with E-state index >= 15 is 0 Å². The van der Waals surface area contributed by atoms with Gasteiger partial charge in [-0.2, -0.15) is 0 Å². The number of carbonyl (C=O) groups is 1. The average molecular weight is 357 g/mol. The maximum Gasteiger partial charge on any atom is 0.341 e. The first-order chi connectivity index (χ1) is 9.84. The van der Waals surface area contributed by atoms with E-state index in [1.807, 2.05) is 0 Å². The number of pyridine rings is 2. The lowest BCUT2D eigenvalue weighted by atomic mass is 10.0. The van der Waals surface area contributed by atoms with Gasteiger partial charge in [0.2, 0.25) is 5.43 Å². The SMILES string of the molecule is CC(CO)(CO)n1cc(C(=O)O)c(=O)c2cc(Br)cnc21. The van der Waals surface area contributed by atoms with Gasteiger partial charge in [0.25, 0.3) is 0 Å². The van der Waals surface area contributed by atoms with Crippen LogP contribution in [0.4, 0.5) is 0 Å². The van der Waals surface area contributed by atoms with Gasteiger partial charge in [0, 0.05) is 16.9 Å². The van der Waals surface area contributed by atoms with Crippen LogP contribution in [0.3, 0.4) is 0 Å². The number of aromatic nitrogens is 2. The topological polar surface area (TPSA) is 113 Å². The van der Waals surface area contributed by atoms with Crippen LogP contribution in [0.25, 0.3) is 11.0 Å². The lowest BCUT2D eigenvalue weighted by Gasteiger charge is -2.29. The summed E-state index contributed by atoms with van der Waals surface area (Å²) in [6.07, 6.45) is 2.55. The number of carboxylic acid groups (broad SMARTS) is 1. The van der Waals surface area contributed by atoms with Gasteiger partial charge in [-0.05, 0) is 28.9 Å². The fraction of sp³-hybridized carbons (Fsp3) is 0.308. The van der Waals surface area contributed by atoms with Crippen molar-refractivity contribution in [1.82, 2.24) is 9.55 Å². The first-order valence-electron chi connectivity index (χ1n) is 6.00. The summed E-state index contributed by atoms with van der Waals surface area (Å²) in [5, 5.41) is 28.3. The first kappa shape index (κ1) is 15.6. The van der Waals surface area contributed by atoms with Crippen molar-refractivity contribution in [1.29, 1.82) is 0 Å². The lowest BCUT2D eigenvalue weighted by Crippen LogP contribution is -2.40. The van der Waals surface area contributed by atoms with Crippen LogP contribution < -0.4 is 5.43 Å². The Hall–Kier alpha value is -1.77. The largest absolute Gasteiger partial charge is 0.477 e. The Labute approximate surface area is 127 Å². The molecule has 0 saturated heterocycles. The number of halogens is 1. The Morgan fingerprint density at radius 1 is 1.43 bits per heavy atom. The number of aromatic carboxylic acids is 1. The van der Waals surface area contributed by atoms with Crippen LogP contribution in [0.15, 0.2) is 27.7 Å². The molecule has 8 heteroatoms. The molecule has 0 saturated carbocycles. The number of aliphatic hydroxyl groups is 2. The highest BCUT2D eigenvalue weighted by molar-refractivity contribution is 9.10. The number of aliphatic hydroxyl groups excluding tert-OH is 2. The van der Waals surface area contributed by atoms with Gasteiger partial charge in [0.1, 0.15) is 11.2 Å². The molecule has 112 valence electrons. The molecule has 2 rings (SSSR count). The minimum Gasteiger partial charge on any atom is -0.477 e.